The summed E-state index contributed by atoms with van der Waals surface area (Å²) in [4.78, 5) is 4.63. The van der Waals surface area contributed by atoms with Gasteiger partial charge in [0.1, 0.15) is 0 Å². The molecule has 0 amide bonds. The van der Waals surface area contributed by atoms with Crippen LogP contribution in [0.15, 0.2) is 22.7 Å². The Morgan fingerprint density at radius 1 is 1.47 bits per heavy atom. The van der Waals surface area contributed by atoms with E-state index in [1.165, 1.54) is 0 Å². The molecule has 17 heavy (non-hydrogen) atoms. The van der Waals surface area contributed by atoms with Gasteiger partial charge in [-0.2, -0.15) is 0 Å². The minimum atomic E-state index is 0.521. The van der Waals surface area contributed by atoms with Crippen LogP contribution in [0.1, 0.15) is 5.69 Å². The molecule has 2 aromatic rings. The summed E-state index contributed by atoms with van der Waals surface area (Å²) in [5.41, 5.74) is 2.99. The van der Waals surface area contributed by atoms with E-state index in [9.17, 15) is 0 Å². The van der Waals surface area contributed by atoms with E-state index >= 15 is 0 Å². The van der Waals surface area contributed by atoms with Crippen LogP contribution in [0.5, 0.6) is 0 Å². The number of rotatable bonds is 3. The van der Waals surface area contributed by atoms with Gasteiger partial charge in [0.2, 0.25) is 0 Å². The van der Waals surface area contributed by atoms with E-state index in [1.807, 2.05) is 19.2 Å². The maximum absolute atomic E-state index is 5.14. The highest BCUT2D eigenvalue weighted by atomic mass is 127. The lowest BCUT2D eigenvalue weighted by Gasteiger charge is -2.11. The minimum absolute atomic E-state index is 0.521. The van der Waals surface area contributed by atoms with Gasteiger partial charge in [0.25, 0.3) is 0 Å². The van der Waals surface area contributed by atoms with Crippen molar-refractivity contribution < 1.29 is 4.74 Å². The van der Waals surface area contributed by atoms with Crippen molar-refractivity contribution in [3.05, 3.63) is 31.9 Å². The third-order valence-corrected chi connectivity index (χ3v) is 4.01. The molecule has 1 aromatic carbocycles. The molecule has 2 rings (SSSR count). The Bertz CT molecular complexity index is 560. The van der Waals surface area contributed by atoms with E-state index in [-0.39, 0.29) is 0 Å². The molecule has 0 fully saturated rings. The summed E-state index contributed by atoms with van der Waals surface area (Å²) in [6.07, 6.45) is 0. The third-order valence-electron chi connectivity index (χ3n) is 2.48. The van der Waals surface area contributed by atoms with Gasteiger partial charge in [-0.25, -0.2) is 4.98 Å². The van der Waals surface area contributed by atoms with Crippen LogP contribution in [0.2, 0.25) is 0 Å². The van der Waals surface area contributed by atoms with Crippen molar-refractivity contribution in [2.75, 3.05) is 19.5 Å². The van der Waals surface area contributed by atoms with Crippen LogP contribution >= 0.6 is 38.5 Å². The normalized spacial score (nSPS) is 10.8. The molecule has 1 N–H and O–H groups in total. The molecular weight excluding hydrogens is 395 g/mol. The number of ether oxygens (including phenoxy) is 1. The summed E-state index contributed by atoms with van der Waals surface area (Å²) in [7, 11) is 3.59. The summed E-state index contributed by atoms with van der Waals surface area (Å²) in [6, 6.07) is 6.12. The van der Waals surface area contributed by atoms with Crippen molar-refractivity contribution in [3.8, 4) is 0 Å². The van der Waals surface area contributed by atoms with Gasteiger partial charge in [0.05, 0.1) is 17.8 Å². The first-order valence-corrected chi connectivity index (χ1v) is 6.99. The summed E-state index contributed by atoms with van der Waals surface area (Å²) >= 11 is 5.87. The lowest BCUT2D eigenvalue weighted by molar-refractivity contribution is 0.182. The first-order chi connectivity index (χ1) is 8.17. The van der Waals surface area contributed by atoms with Gasteiger partial charge in [0.15, 0.2) is 0 Å². The zero-order valence-corrected chi connectivity index (χ0v) is 13.3. The predicted octanol–water partition coefficient (Wildman–Crippen LogP) is 3.79. The molecule has 0 aliphatic carbocycles. The zero-order valence-electron chi connectivity index (χ0n) is 9.55. The average molecular weight is 407 g/mol. The Labute approximate surface area is 122 Å². The predicted molar refractivity (Wildman–Crippen MR) is 82.4 cm³/mol. The van der Waals surface area contributed by atoms with E-state index in [2.05, 4.69) is 54.9 Å². The smallest absolute Gasteiger partial charge is 0.0885 e. The fourth-order valence-electron chi connectivity index (χ4n) is 1.74. The number of nitrogens with zero attached hydrogens (tertiary/aromatic N) is 1. The molecule has 0 aliphatic heterocycles. The molecule has 5 heteroatoms. The Kier molecular flexibility index (Phi) is 4.22. The zero-order chi connectivity index (χ0) is 12.4. The van der Waals surface area contributed by atoms with Crippen molar-refractivity contribution in [3.63, 3.8) is 0 Å². The molecule has 0 unspecified atom stereocenters. The van der Waals surface area contributed by atoms with Gasteiger partial charge in [-0.15, -0.1) is 0 Å². The number of fused-ring (bicyclic) bond motifs is 1. The summed E-state index contributed by atoms with van der Waals surface area (Å²) in [6.45, 7) is 0.521. The molecule has 1 aromatic heterocycles. The number of halogens is 2. The molecule has 0 saturated heterocycles. The second-order valence-corrected chi connectivity index (χ2v) is 5.61. The summed E-state index contributed by atoms with van der Waals surface area (Å²) in [5, 5.41) is 4.32. The van der Waals surface area contributed by atoms with Crippen LogP contribution in [-0.2, 0) is 11.3 Å². The van der Waals surface area contributed by atoms with E-state index in [0.29, 0.717) is 6.61 Å². The second kappa shape index (κ2) is 5.49. The van der Waals surface area contributed by atoms with Crippen molar-refractivity contribution in [2.45, 2.75) is 6.61 Å². The van der Waals surface area contributed by atoms with Crippen molar-refractivity contribution in [1.29, 1.82) is 0 Å². The van der Waals surface area contributed by atoms with Crippen LogP contribution in [0.25, 0.3) is 10.9 Å². The van der Waals surface area contributed by atoms with Crippen LogP contribution < -0.4 is 5.32 Å². The van der Waals surface area contributed by atoms with Gasteiger partial charge in [-0.3, -0.25) is 0 Å². The molecule has 0 radical (unpaired) electrons. The Balaban J connectivity index is 2.77. The Morgan fingerprint density at radius 3 is 2.88 bits per heavy atom. The first-order valence-electron chi connectivity index (χ1n) is 5.11. The molecule has 0 bridgehead atoms. The quantitative estimate of drug-likeness (QED) is 0.787. The monoisotopic (exact) mass is 406 g/mol. The number of aromatic nitrogens is 1. The van der Waals surface area contributed by atoms with Gasteiger partial charge >= 0.3 is 0 Å². The van der Waals surface area contributed by atoms with Crippen LogP contribution in [0, 0.1) is 3.57 Å². The van der Waals surface area contributed by atoms with Gasteiger partial charge in [-0.05, 0) is 40.8 Å². The molecule has 90 valence electrons. The highest BCUT2D eigenvalue weighted by Gasteiger charge is 2.10. The number of pyridine rings is 1. The van der Waals surface area contributed by atoms with Crippen LogP contribution in [0.4, 0.5) is 5.69 Å². The summed E-state index contributed by atoms with van der Waals surface area (Å²) < 4.78 is 7.33. The van der Waals surface area contributed by atoms with Crippen molar-refractivity contribution in [2.24, 2.45) is 0 Å². The number of methoxy groups -OCH3 is 1. The third kappa shape index (κ3) is 2.56. The fourth-order valence-corrected chi connectivity index (χ4v) is 2.84. The molecule has 0 atom stereocenters. The lowest BCUT2D eigenvalue weighted by Crippen LogP contribution is -1.99. The van der Waals surface area contributed by atoms with E-state index in [1.54, 1.807) is 7.11 Å². The van der Waals surface area contributed by atoms with Crippen molar-refractivity contribution in [1.82, 2.24) is 4.98 Å². The highest BCUT2D eigenvalue weighted by molar-refractivity contribution is 14.1. The number of benzene rings is 1. The summed E-state index contributed by atoms with van der Waals surface area (Å²) in [5.74, 6) is 0. The highest BCUT2D eigenvalue weighted by Crippen LogP contribution is 2.33. The number of hydrogen-bond acceptors (Lipinski definition) is 3. The molecule has 0 saturated carbocycles. The van der Waals surface area contributed by atoms with E-state index in [0.717, 1.165) is 30.3 Å². The SMILES string of the molecule is CNc1cc(COC)nc2c(I)ccc(Br)c12. The lowest BCUT2D eigenvalue weighted by atomic mass is 10.1. The Morgan fingerprint density at radius 2 is 2.24 bits per heavy atom. The average Bonchev–Trinajstić information content (AvgIpc) is 2.33. The van der Waals surface area contributed by atoms with Crippen LogP contribution in [-0.4, -0.2) is 19.1 Å². The molecule has 3 nitrogen and oxygen atoms in total. The van der Waals surface area contributed by atoms with Crippen LogP contribution in [0.3, 0.4) is 0 Å². The van der Waals surface area contributed by atoms with E-state index in [4.69, 9.17) is 4.74 Å². The second-order valence-electron chi connectivity index (χ2n) is 3.60. The largest absolute Gasteiger partial charge is 0.387 e. The number of anilines is 1. The fraction of sp³-hybridized carbons (Fsp3) is 0.250. The number of nitrogens with one attached hydrogen (secondary N) is 1. The number of hydrogen-bond donors (Lipinski definition) is 1. The standard InChI is InChI=1S/C12H12BrIN2O/c1-15-10-5-7(6-17-2)16-12-9(14)4-3-8(13)11(10)12/h3-5H,6H2,1-2H3,(H,15,16). The van der Waals surface area contributed by atoms with Crippen molar-refractivity contribution >= 4 is 55.1 Å². The Hall–Kier alpha value is -0.400. The maximum atomic E-state index is 5.14. The maximum Gasteiger partial charge on any atom is 0.0885 e. The van der Waals surface area contributed by atoms with Gasteiger partial charge in [0, 0.05) is 33.3 Å². The van der Waals surface area contributed by atoms with E-state index < -0.39 is 0 Å². The molecule has 0 aliphatic rings. The first kappa shape index (κ1) is 13.0. The molecule has 1 heterocycles. The van der Waals surface area contributed by atoms with Gasteiger partial charge < -0.3 is 10.1 Å². The van der Waals surface area contributed by atoms with Gasteiger partial charge in [-0.1, -0.05) is 15.9 Å². The topological polar surface area (TPSA) is 34.1 Å². The molecule has 0 spiro atoms. The minimum Gasteiger partial charge on any atom is -0.387 e. The molecular formula is C12H12BrIN2O.